The number of halogens is 1. The van der Waals surface area contributed by atoms with Crippen LogP contribution in [0.5, 0.6) is 0 Å². The van der Waals surface area contributed by atoms with Crippen molar-refractivity contribution in [1.82, 2.24) is 14.7 Å². The third-order valence-electron chi connectivity index (χ3n) is 4.13. The molecule has 1 fully saturated rings. The molecule has 1 atom stereocenters. The summed E-state index contributed by atoms with van der Waals surface area (Å²) in [5.41, 5.74) is 5.40. The van der Waals surface area contributed by atoms with Crippen LogP contribution < -0.4 is 5.73 Å². The zero-order valence-electron chi connectivity index (χ0n) is 12.7. The van der Waals surface area contributed by atoms with Crippen molar-refractivity contribution in [3.63, 3.8) is 0 Å². The molecule has 2 aromatic rings. The molecule has 23 heavy (non-hydrogen) atoms. The molecule has 6 nitrogen and oxygen atoms in total. The predicted molar refractivity (Wildman–Crippen MR) is 82.2 cm³/mol. The van der Waals surface area contributed by atoms with Crippen LogP contribution >= 0.6 is 0 Å². The Bertz CT molecular complexity index is 700. The van der Waals surface area contributed by atoms with E-state index < -0.39 is 11.5 Å². The van der Waals surface area contributed by atoms with E-state index in [1.807, 2.05) is 11.0 Å². The minimum absolute atomic E-state index is 0.214. The van der Waals surface area contributed by atoms with Crippen LogP contribution in [0.1, 0.15) is 18.5 Å². The number of nitrogens with two attached hydrogens (primary N) is 1. The van der Waals surface area contributed by atoms with E-state index in [2.05, 4.69) is 5.10 Å². The molecule has 0 bridgehead atoms. The second-order valence-electron chi connectivity index (χ2n) is 5.94. The first kappa shape index (κ1) is 15.6. The molecule has 7 heteroatoms. The van der Waals surface area contributed by atoms with Gasteiger partial charge >= 0.3 is 0 Å². The molecule has 0 saturated carbocycles. The van der Waals surface area contributed by atoms with Crippen LogP contribution in [0, 0.1) is 5.82 Å². The summed E-state index contributed by atoms with van der Waals surface area (Å²) in [4.78, 5) is 13.3. The maximum Gasteiger partial charge on any atom is 0.250 e. The van der Waals surface area contributed by atoms with Gasteiger partial charge in [-0.25, -0.2) is 9.07 Å². The van der Waals surface area contributed by atoms with Gasteiger partial charge < -0.3 is 10.8 Å². The summed E-state index contributed by atoms with van der Waals surface area (Å²) in [7, 11) is 0. The number of benzene rings is 1. The van der Waals surface area contributed by atoms with Crippen LogP contribution in [-0.2, 0) is 11.3 Å². The summed E-state index contributed by atoms with van der Waals surface area (Å²) >= 11 is 0. The molecule has 0 radical (unpaired) electrons. The number of amides is 1. The minimum Gasteiger partial charge on any atom is -0.379 e. The molecule has 0 unspecified atom stereocenters. The van der Waals surface area contributed by atoms with Crippen molar-refractivity contribution in [3.05, 3.63) is 48.0 Å². The van der Waals surface area contributed by atoms with Crippen molar-refractivity contribution in [2.45, 2.75) is 25.0 Å². The highest BCUT2D eigenvalue weighted by Gasteiger charge is 2.38. The number of aliphatic hydroxyl groups is 1. The van der Waals surface area contributed by atoms with E-state index in [1.165, 1.54) is 12.1 Å². The lowest BCUT2D eigenvalue weighted by Crippen LogP contribution is -2.55. The Hall–Kier alpha value is -2.25. The van der Waals surface area contributed by atoms with Gasteiger partial charge in [-0.05, 0) is 49.7 Å². The first-order valence-electron chi connectivity index (χ1n) is 7.51. The fourth-order valence-electron chi connectivity index (χ4n) is 2.87. The van der Waals surface area contributed by atoms with Crippen molar-refractivity contribution >= 4 is 5.91 Å². The molecule has 1 saturated heterocycles. The molecule has 2 heterocycles. The van der Waals surface area contributed by atoms with Gasteiger partial charge in [-0.1, -0.05) is 0 Å². The first-order valence-corrected chi connectivity index (χ1v) is 7.51. The molecule has 1 aromatic carbocycles. The smallest absolute Gasteiger partial charge is 0.250 e. The summed E-state index contributed by atoms with van der Waals surface area (Å²) < 4.78 is 14.6. The van der Waals surface area contributed by atoms with Crippen molar-refractivity contribution in [3.8, 4) is 5.69 Å². The summed E-state index contributed by atoms with van der Waals surface area (Å²) in [5, 5.41) is 14.7. The van der Waals surface area contributed by atoms with Crippen molar-refractivity contribution in [2.75, 3.05) is 13.1 Å². The number of hydrogen-bond acceptors (Lipinski definition) is 4. The monoisotopic (exact) mass is 318 g/mol. The Morgan fingerprint density at radius 3 is 2.78 bits per heavy atom. The largest absolute Gasteiger partial charge is 0.379 e. The normalized spacial score (nSPS) is 22.2. The third kappa shape index (κ3) is 3.40. The summed E-state index contributed by atoms with van der Waals surface area (Å²) in [5.74, 6) is -0.973. The number of aromatic nitrogens is 2. The number of rotatable bonds is 4. The average Bonchev–Trinajstić information content (AvgIpc) is 2.96. The topological polar surface area (TPSA) is 84.4 Å². The van der Waals surface area contributed by atoms with Crippen LogP contribution in [0.25, 0.3) is 5.69 Å². The maximum atomic E-state index is 13.0. The summed E-state index contributed by atoms with van der Waals surface area (Å²) in [6.07, 6.45) is 2.90. The number of carbonyl (C=O) groups excluding carboxylic acids is 1. The Labute approximate surface area is 133 Å². The van der Waals surface area contributed by atoms with E-state index >= 15 is 0 Å². The van der Waals surface area contributed by atoms with Gasteiger partial charge in [-0.2, -0.15) is 5.10 Å². The Morgan fingerprint density at radius 2 is 2.09 bits per heavy atom. The molecule has 1 aromatic heterocycles. The Kier molecular flexibility index (Phi) is 4.14. The van der Waals surface area contributed by atoms with Crippen LogP contribution in [0.15, 0.2) is 36.5 Å². The van der Waals surface area contributed by atoms with E-state index in [0.717, 1.165) is 17.9 Å². The van der Waals surface area contributed by atoms with E-state index in [0.29, 0.717) is 19.4 Å². The molecule has 122 valence electrons. The third-order valence-corrected chi connectivity index (χ3v) is 4.13. The fraction of sp³-hybridized carbons (Fsp3) is 0.375. The molecule has 0 aliphatic carbocycles. The highest BCUT2D eigenvalue weighted by atomic mass is 19.1. The number of piperidine rings is 1. The lowest BCUT2D eigenvalue weighted by molar-refractivity contribution is -0.142. The van der Waals surface area contributed by atoms with Crippen LogP contribution in [0.2, 0.25) is 0 Å². The SMILES string of the molecule is NC(=O)[C@]1(O)CCCN(Cc2ccn(-c3ccc(F)cc3)n2)C1. The standard InChI is InChI=1S/C16H19FN4O2/c17-12-2-4-14(5-3-12)21-9-6-13(19-21)10-20-8-1-7-16(23,11-20)15(18)22/h2-6,9,23H,1,7-8,10-11H2,(H2,18,22)/t16-/m0/s1. The van der Waals surface area contributed by atoms with Gasteiger partial charge in [-0.3, -0.25) is 9.69 Å². The molecule has 0 spiro atoms. The van der Waals surface area contributed by atoms with Crippen molar-refractivity contribution in [2.24, 2.45) is 5.73 Å². The fourth-order valence-corrected chi connectivity index (χ4v) is 2.87. The number of likely N-dealkylation sites (tertiary alicyclic amines) is 1. The van der Waals surface area contributed by atoms with E-state index in [9.17, 15) is 14.3 Å². The molecular weight excluding hydrogens is 299 g/mol. The second kappa shape index (κ2) is 6.10. The summed E-state index contributed by atoms with van der Waals surface area (Å²) in [6.45, 7) is 1.51. The van der Waals surface area contributed by atoms with Gasteiger partial charge in [-0.15, -0.1) is 0 Å². The quantitative estimate of drug-likeness (QED) is 0.874. The number of primary amides is 1. The van der Waals surface area contributed by atoms with Gasteiger partial charge in [0, 0.05) is 19.3 Å². The average molecular weight is 318 g/mol. The number of β-amino-alcohol motifs (C(OH)–C–C–N with tert-alkyl or cyclic N) is 1. The molecule has 3 rings (SSSR count). The molecular formula is C16H19FN4O2. The van der Waals surface area contributed by atoms with Crippen LogP contribution in [0.4, 0.5) is 4.39 Å². The lowest BCUT2D eigenvalue weighted by atomic mass is 9.92. The molecule has 3 N–H and O–H groups in total. The number of nitrogens with zero attached hydrogens (tertiary/aromatic N) is 3. The Morgan fingerprint density at radius 1 is 1.35 bits per heavy atom. The van der Waals surface area contributed by atoms with Crippen molar-refractivity contribution < 1.29 is 14.3 Å². The van der Waals surface area contributed by atoms with Gasteiger partial charge in [0.1, 0.15) is 5.82 Å². The minimum atomic E-state index is -1.46. The maximum absolute atomic E-state index is 13.0. The van der Waals surface area contributed by atoms with E-state index in [4.69, 9.17) is 5.73 Å². The molecule has 1 aliphatic heterocycles. The van der Waals surface area contributed by atoms with Gasteiger partial charge in [0.15, 0.2) is 5.60 Å². The molecule has 1 amide bonds. The first-order chi connectivity index (χ1) is 11.0. The molecule has 1 aliphatic rings. The zero-order chi connectivity index (χ0) is 16.4. The second-order valence-corrected chi connectivity index (χ2v) is 5.94. The van der Waals surface area contributed by atoms with Gasteiger partial charge in [0.05, 0.1) is 11.4 Å². The van der Waals surface area contributed by atoms with Crippen LogP contribution in [0.3, 0.4) is 0 Å². The van der Waals surface area contributed by atoms with E-state index in [1.54, 1.807) is 23.0 Å². The summed E-state index contributed by atoms with van der Waals surface area (Å²) in [6, 6.07) is 7.93. The predicted octanol–water partition coefficient (Wildman–Crippen LogP) is 0.824. The van der Waals surface area contributed by atoms with E-state index in [-0.39, 0.29) is 12.4 Å². The lowest BCUT2D eigenvalue weighted by Gasteiger charge is -2.36. The highest BCUT2D eigenvalue weighted by Crippen LogP contribution is 2.22. The van der Waals surface area contributed by atoms with Crippen LogP contribution in [-0.4, -0.2) is 44.4 Å². The zero-order valence-corrected chi connectivity index (χ0v) is 12.7. The number of carbonyl (C=O) groups is 1. The van der Waals surface area contributed by atoms with Gasteiger partial charge in [0.2, 0.25) is 0 Å². The van der Waals surface area contributed by atoms with Crippen molar-refractivity contribution in [1.29, 1.82) is 0 Å². The van der Waals surface area contributed by atoms with Gasteiger partial charge in [0.25, 0.3) is 5.91 Å². The Balaban J connectivity index is 1.69. The number of hydrogen-bond donors (Lipinski definition) is 2. The highest BCUT2D eigenvalue weighted by molar-refractivity contribution is 5.83.